The van der Waals surface area contributed by atoms with E-state index in [9.17, 15) is 9.59 Å². The topological polar surface area (TPSA) is 92.8 Å². The largest absolute Gasteiger partial charge is 0.355 e. The van der Waals surface area contributed by atoms with E-state index in [2.05, 4.69) is 17.2 Å². The van der Waals surface area contributed by atoms with E-state index in [4.69, 9.17) is 5.41 Å². The summed E-state index contributed by atoms with van der Waals surface area (Å²) >= 11 is 0. The predicted octanol–water partition coefficient (Wildman–Crippen LogP) is 2.80. The number of carbonyl (C=O) groups is 1. The lowest BCUT2D eigenvalue weighted by molar-refractivity contribution is -0.121. The van der Waals surface area contributed by atoms with Gasteiger partial charge in [-0.1, -0.05) is 31.5 Å². The maximum absolute atomic E-state index is 12.8. The number of aryl methyl sites for hydroxylation is 1. The Morgan fingerprint density at radius 2 is 2.04 bits per heavy atom. The monoisotopic (exact) mass is 379 g/mol. The summed E-state index contributed by atoms with van der Waals surface area (Å²) in [5.41, 5.74) is 3.56. The molecule has 0 aliphatic heterocycles. The van der Waals surface area contributed by atoms with Gasteiger partial charge in [0.2, 0.25) is 5.91 Å². The van der Waals surface area contributed by atoms with Gasteiger partial charge in [0.05, 0.1) is 5.52 Å². The predicted molar refractivity (Wildman–Crippen MR) is 111 cm³/mol. The zero-order chi connectivity index (χ0) is 20.1. The van der Waals surface area contributed by atoms with Crippen LogP contribution in [0.25, 0.3) is 22.3 Å². The van der Waals surface area contributed by atoms with E-state index < -0.39 is 0 Å². The van der Waals surface area contributed by atoms with E-state index >= 15 is 0 Å². The molecular formula is C21H25N5O2. The minimum absolute atomic E-state index is 0.0400. The Hall–Kier alpha value is -3.22. The molecule has 146 valence electrons. The number of imidazole rings is 1. The normalized spacial score (nSPS) is 10.9. The molecule has 7 heteroatoms. The summed E-state index contributed by atoms with van der Waals surface area (Å²) in [5.74, 6) is -0.185. The number of benzene rings is 1. The molecule has 0 aliphatic rings. The Labute approximate surface area is 163 Å². The smallest absolute Gasteiger partial charge is 0.330 e. The van der Waals surface area contributed by atoms with Gasteiger partial charge >= 0.3 is 5.69 Å². The zero-order valence-electron chi connectivity index (χ0n) is 16.2. The third-order valence-electron chi connectivity index (χ3n) is 4.71. The Kier molecular flexibility index (Phi) is 6.03. The zero-order valence-corrected chi connectivity index (χ0v) is 16.2. The average molecular weight is 379 g/mol. The number of amides is 1. The van der Waals surface area contributed by atoms with Crippen molar-refractivity contribution in [2.45, 2.75) is 39.8 Å². The van der Waals surface area contributed by atoms with Gasteiger partial charge in [-0.05, 0) is 36.6 Å². The molecule has 0 radical (unpaired) electrons. The van der Waals surface area contributed by atoms with Crippen LogP contribution in [0.2, 0.25) is 0 Å². The van der Waals surface area contributed by atoms with Crippen molar-refractivity contribution in [1.82, 2.24) is 19.4 Å². The van der Waals surface area contributed by atoms with E-state index in [1.165, 1.54) is 10.8 Å². The fourth-order valence-electron chi connectivity index (χ4n) is 3.21. The number of carbonyl (C=O) groups excluding carboxylic acids is 1. The molecule has 28 heavy (non-hydrogen) atoms. The Bertz CT molecular complexity index is 1060. The summed E-state index contributed by atoms with van der Waals surface area (Å²) in [6.07, 6.45) is 4.91. The second-order valence-corrected chi connectivity index (χ2v) is 6.65. The van der Waals surface area contributed by atoms with Crippen molar-refractivity contribution < 1.29 is 4.79 Å². The first-order valence-corrected chi connectivity index (χ1v) is 9.55. The second kappa shape index (κ2) is 8.65. The molecule has 3 rings (SSSR count). The number of hydrogen-bond acceptors (Lipinski definition) is 4. The molecule has 3 aromatic rings. The summed E-state index contributed by atoms with van der Waals surface area (Å²) in [5, 5.41) is 10.3. The molecule has 1 aromatic carbocycles. The van der Waals surface area contributed by atoms with E-state index in [1.807, 2.05) is 37.3 Å². The number of fused-ring (bicyclic) bond motifs is 1. The maximum atomic E-state index is 12.8. The van der Waals surface area contributed by atoms with Gasteiger partial charge in [0.15, 0.2) is 5.65 Å². The van der Waals surface area contributed by atoms with Crippen LogP contribution in [-0.4, -0.2) is 32.8 Å². The van der Waals surface area contributed by atoms with Gasteiger partial charge < -0.3 is 10.7 Å². The fourth-order valence-corrected chi connectivity index (χ4v) is 3.21. The molecule has 2 heterocycles. The minimum atomic E-state index is -0.235. The Balaban J connectivity index is 2.01. The highest BCUT2D eigenvalue weighted by molar-refractivity contribution is 5.84. The van der Waals surface area contributed by atoms with Crippen LogP contribution in [0.1, 0.15) is 32.3 Å². The number of aromatic nitrogens is 3. The number of nitrogens with one attached hydrogen (secondary N) is 2. The lowest BCUT2D eigenvalue weighted by Crippen LogP contribution is -2.33. The molecule has 1 amide bonds. The van der Waals surface area contributed by atoms with Crippen LogP contribution < -0.4 is 11.0 Å². The fraction of sp³-hybridized carbons (Fsp3) is 0.333. The van der Waals surface area contributed by atoms with Crippen LogP contribution in [0.3, 0.4) is 0 Å². The average Bonchev–Trinajstić information content (AvgIpc) is 2.98. The third-order valence-corrected chi connectivity index (χ3v) is 4.71. The maximum Gasteiger partial charge on any atom is 0.330 e. The molecule has 0 saturated heterocycles. The standard InChI is InChI=1S/C21H25N5O2/c1-3-5-9-23-19(27)14-26-20-18(25(4-2)21(26)28)11-17(13-24-20)16-8-6-7-15(10-16)12-22/h6-8,10-13,22H,3-5,9,14H2,1-2H3,(H,23,27). The van der Waals surface area contributed by atoms with Crippen molar-refractivity contribution in [3.63, 3.8) is 0 Å². The van der Waals surface area contributed by atoms with E-state index in [0.717, 1.165) is 29.5 Å². The van der Waals surface area contributed by atoms with Crippen molar-refractivity contribution in [1.29, 1.82) is 5.41 Å². The van der Waals surface area contributed by atoms with E-state index in [0.29, 0.717) is 24.3 Å². The molecule has 0 unspecified atom stereocenters. The van der Waals surface area contributed by atoms with Crippen LogP contribution in [0.4, 0.5) is 0 Å². The molecule has 0 spiro atoms. The SMILES string of the molecule is CCCCNC(=O)Cn1c(=O)n(CC)c2cc(-c3cccc(C=N)c3)cnc21. The molecule has 2 aromatic heterocycles. The van der Waals surface area contributed by atoms with Crippen molar-refractivity contribution in [3.8, 4) is 11.1 Å². The molecule has 0 bridgehead atoms. The quantitative estimate of drug-likeness (QED) is 0.466. The summed E-state index contributed by atoms with van der Waals surface area (Å²) in [6, 6.07) is 9.52. The van der Waals surface area contributed by atoms with E-state index in [-0.39, 0.29) is 18.1 Å². The van der Waals surface area contributed by atoms with Crippen LogP contribution >= 0.6 is 0 Å². The van der Waals surface area contributed by atoms with Gasteiger partial charge in [-0.25, -0.2) is 9.78 Å². The Morgan fingerprint density at radius 3 is 2.75 bits per heavy atom. The molecule has 0 saturated carbocycles. The molecular weight excluding hydrogens is 354 g/mol. The summed E-state index contributed by atoms with van der Waals surface area (Å²) in [6.45, 7) is 5.02. The molecule has 0 aliphatic carbocycles. The van der Waals surface area contributed by atoms with Gasteiger partial charge in [-0.15, -0.1) is 0 Å². The number of rotatable bonds is 8. The number of unbranched alkanes of at least 4 members (excludes halogenated alkanes) is 1. The second-order valence-electron chi connectivity index (χ2n) is 6.65. The van der Waals surface area contributed by atoms with Gasteiger partial charge in [0.25, 0.3) is 0 Å². The van der Waals surface area contributed by atoms with Crippen molar-refractivity contribution in [3.05, 3.63) is 52.6 Å². The van der Waals surface area contributed by atoms with Crippen molar-refractivity contribution in [2.75, 3.05) is 6.54 Å². The summed E-state index contributed by atoms with van der Waals surface area (Å²) in [7, 11) is 0. The van der Waals surface area contributed by atoms with Gasteiger partial charge in [0.1, 0.15) is 6.54 Å². The minimum Gasteiger partial charge on any atom is -0.355 e. The van der Waals surface area contributed by atoms with Crippen molar-refractivity contribution in [2.24, 2.45) is 0 Å². The van der Waals surface area contributed by atoms with Crippen LogP contribution in [0.5, 0.6) is 0 Å². The van der Waals surface area contributed by atoms with Gasteiger partial charge in [-0.3, -0.25) is 13.9 Å². The molecule has 7 nitrogen and oxygen atoms in total. The van der Waals surface area contributed by atoms with Crippen LogP contribution in [0.15, 0.2) is 41.3 Å². The van der Waals surface area contributed by atoms with Crippen LogP contribution in [-0.2, 0) is 17.9 Å². The highest BCUT2D eigenvalue weighted by atomic mass is 16.2. The first kappa shape index (κ1) is 19.5. The van der Waals surface area contributed by atoms with Gasteiger partial charge in [0, 0.05) is 31.1 Å². The first-order valence-electron chi connectivity index (χ1n) is 9.55. The molecule has 2 N–H and O–H groups in total. The number of hydrogen-bond donors (Lipinski definition) is 2. The first-order chi connectivity index (χ1) is 13.6. The van der Waals surface area contributed by atoms with E-state index in [1.54, 1.807) is 10.8 Å². The van der Waals surface area contributed by atoms with Crippen LogP contribution in [0, 0.1) is 5.41 Å². The van der Waals surface area contributed by atoms with Gasteiger partial charge in [-0.2, -0.15) is 0 Å². The Morgan fingerprint density at radius 1 is 1.21 bits per heavy atom. The molecule has 0 atom stereocenters. The lowest BCUT2D eigenvalue weighted by atomic mass is 10.1. The van der Waals surface area contributed by atoms with Crippen molar-refractivity contribution >= 4 is 23.3 Å². The number of nitrogens with zero attached hydrogens (tertiary/aromatic N) is 3. The molecule has 0 fully saturated rings. The summed E-state index contributed by atoms with van der Waals surface area (Å²) in [4.78, 5) is 29.5. The highest BCUT2D eigenvalue weighted by Gasteiger charge is 2.16. The highest BCUT2D eigenvalue weighted by Crippen LogP contribution is 2.23. The third kappa shape index (κ3) is 3.88. The summed E-state index contributed by atoms with van der Waals surface area (Å²) < 4.78 is 3.06. The number of pyridine rings is 1. The lowest BCUT2D eigenvalue weighted by Gasteiger charge is -2.06.